The molecule has 1 aromatic heterocycles. The number of carbonyl (C=O) groups excluding carboxylic acids is 2. The van der Waals surface area contributed by atoms with Gasteiger partial charge in [-0.15, -0.1) is 11.8 Å². The van der Waals surface area contributed by atoms with E-state index >= 15 is 0 Å². The number of thioether (sulfide) groups is 1. The lowest BCUT2D eigenvalue weighted by atomic mass is 10.2. The van der Waals surface area contributed by atoms with Crippen LogP contribution in [0.4, 0.5) is 5.69 Å². The zero-order valence-corrected chi connectivity index (χ0v) is 13.4. The van der Waals surface area contributed by atoms with Crippen LogP contribution in [0.25, 0.3) is 0 Å². The van der Waals surface area contributed by atoms with E-state index in [1.165, 1.54) is 11.8 Å². The van der Waals surface area contributed by atoms with Crippen molar-refractivity contribution >= 4 is 29.3 Å². The van der Waals surface area contributed by atoms with Crippen molar-refractivity contribution in [3.8, 4) is 5.88 Å². The molecule has 0 aliphatic heterocycles. The van der Waals surface area contributed by atoms with Gasteiger partial charge in [0.1, 0.15) is 5.56 Å². The topological polar surface area (TPSA) is 94.3 Å². The van der Waals surface area contributed by atoms with Gasteiger partial charge in [-0.2, -0.15) is 0 Å². The number of rotatable bonds is 7. The predicted molar refractivity (Wildman–Crippen MR) is 89.7 cm³/mol. The van der Waals surface area contributed by atoms with Crippen LogP contribution in [-0.2, 0) is 4.79 Å². The number of nitrogens with zero attached hydrogens (tertiary/aromatic N) is 1. The zero-order chi connectivity index (χ0) is 16.7. The van der Waals surface area contributed by atoms with Gasteiger partial charge in [-0.3, -0.25) is 9.59 Å². The molecule has 0 radical (unpaired) electrons. The smallest absolute Gasteiger partial charge is 0.261 e. The number of aromatic nitrogens is 1. The minimum Gasteiger partial charge on any atom is -0.477 e. The van der Waals surface area contributed by atoms with Crippen LogP contribution >= 0.6 is 11.8 Å². The number of hydrogen-bond donors (Lipinski definition) is 2. The molecule has 0 aliphatic carbocycles. The zero-order valence-electron chi connectivity index (χ0n) is 12.6. The lowest BCUT2D eigenvalue weighted by molar-refractivity contribution is -0.115. The second-order valence-electron chi connectivity index (χ2n) is 4.49. The van der Waals surface area contributed by atoms with E-state index in [0.29, 0.717) is 17.9 Å². The van der Waals surface area contributed by atoms with Gasteiger partial charge in [0, 0.05) is 11.1 Å². The minimum atomic E-state index is -0.415. The van der Waals surface area contributed by atoms with E-state index in [0.717, 1.165) is 4.90 Å². The number of primary amides is 1. The normalized spacial score (nSPS) is 10.1. The molecule has 23 heavy (non-hydrogen) atoms. The van der Waals surface area contributed by atoms with Gasteiger partial charge in [0.25, 0.3) is 5.91 Å². The van der Waals surface area contributed by atoms with Crippen molar-refractivity contribution in [2.75, 3.05) is 17.7 Å². The van der Waals surface area contributed by atoms with Gasteiger partial charge in [-0.1, -0.05) is 12.1 Å². The molecule has 2 aromatic rings. The van der Waals surface area contributed by atoms with Gasteiger partial charge in [-0.25, -0.2) is 4.98 Å². The highest BCUT2D eigenvalue weighted by atomic mass is 32.2. The third kappa shape index (κ3) is 4.72. The van der Waals surface area contributed by atoms with Crippen LogP contribution in [0, 0.1) is 0 Å². The van der Waals surface area contributed by atoms with Crippen LogP contribution < -0.4 is 15.8 Å². The third-order valence-corrected chi connectivity index (χ3v) is 3.90. The van der Waals surface area contributed by atoms with Crippen molar-refractivity contribution in [1.82, 2.24) is 4.98 Å². The number of anilines is 1. The third-order valence-electron chi connectivity index (χ3n) is 2.80. The van der Waals surface area contributed by atoms with E-state index < -0.39 is 5.91 Å². The molecule has 0 atom stereocenters. The average molecular weight is 331 g/mol. The summed E-state index contributed by atoms with van der Waals surface area (Å²) in [5.74, 6) is -0.310. The monoisotopic (exact) mass is 331 g/mol. The molecule has 0 unspecified atom stereocenters. The second-order valence-corrected chi connectivity index (χ2v) is 5.51. The lowest BCUT2D eigenvalue weighted by Gasteiger charge is -2.12. The quantitative estimate of drug-likeness (QED) is 0.759. The van der Waals surface area contributed by atoms with E-state index in [9.17, 15) is 9.59 Å². The SMILES string of the molecule is CCOc1ncccc1C(=O)Nc1ccccc1SCC(N)=O. The Morgan fingerprint density at radius 3 is 2.78 bits per heavy atom. The molecule has 0 bridgehead atoms. The van der Waals surface area contributed by atoms with E-state index in [4.69, 9.17) is 10.5 Å². The van der Waals surface area contributed by atoms with Crippen molar-refractivity contribution in [2.24, 2.45) is 5.73 Å². The largest absolute Gasteiger partial charge is 0.477 e. The van der Waals surface area contributed by atoms with Crippen LogP contribution in [-0.4, -0.2) is 29.2 Å². The first-order chi connectivity index (χ1) is 11.1. The Morgan fingerprint density at radius 1 is 1.26 bits per heavy atom. The van der Waals surface area contributed by atoms with E-state index in [1.807, 2.05) is 19.1 Å². The average Bonchev–Trinajstić information content (AvgIpc) is 2.54. The number of benzene rings is 1. The molecule has 1 aromatic carbocycles. The highest BCUT2D eigenvalue weighted by Gasteiger charge is 2.15. The van der Waals surface area contributed by atoms with Crippen molar-refractivity contribution in [3.05, 3.63) is 48.2 Å². The van der Waals surface area contributed by atoms with Gasteiger partial charge < -0.3 is 15.8 Å². The Morgan fingerprint density at radius 2 is 2.04 bits per heavy atom. The Labute approximate surface area is 138 Å². The van der Waals surface area contributed by atoms with Crippen molar-refractivity contribution < 1.29 is 14.3 Å². The van der Waals surface area contributed by atoms with Gasteiger partial charge in [0.2, 0.25) is 11.8 Å². The van der Waals surface area contributed by atoms with Gasteiger partial charge in [0.15, 0.2) is 0 Å². The minimum absolute atomic E-state index is 0.143. The van der Waals surface area contributed by atoms with Crippen molar-refractivity contribution in [1.29, 1.82) is 0 Å². The summed E-state index contributed by atoms with van der Waals surface area (Å²) in [5.41, 5.74) is 6.12. The maximum atomic E-state index is 12.5. The number of pyridine rings is 1. The first-order valence-corrected chi connectivity index (χ1v) is 7.99. The Balaban J connectivity index is 2.19. The molecule has 0 saturated heterocycles. The van der Waals surface area contributed by atoms with Crippen LogP contribution in [0.2, 0.25) is 0 Å². The fourth-order valence-electron chi connectivity index (χ4n) is 1.85. The summed E-state index contributed by atoms with van der Waals surface area (Å²) >= 11 is 1.27. The number of nitrogens with two attached hydrogens (primary N) is 1. The number of ether oxygens (including phenoxy) is 1. The molecule has 2 rings (SSSR count). The fourth-order valence-corrected chi connectivity index (χ4v) is 2.60. The van der Waals surface area contributed by atoms with Crippen LogP contribution in [0.1, 0.15) is 17.3 Å². The lowest BCUT2D eigenvalue weighted by Crippen LogP contribution is -2.16. The fraction of sp³-hybridized carbons (Fsp3) is 0.188. The first kappa shape index (κ1) is 16.8. The Bertz CT molecular complexity index is 706. The molecule has 0 fully saturated rings. The molecule has 1 heterocycles. The number of hydrogen-bond acceptors (Lipinski definition) is 5. The maximum Gasteiger partial charge on any atom is 0.261 e. The molecular weight excluding hydrogens is 314 g/mol. The van der Waals surface area contributed by atoms with E-state index in [-0.39, 0.29) is 17.5 Å². The summed E-state index contributed by atoms with van der Waals surface area (Å²) in [5, 5.41) is 2.82. The number of para-hydroxylation sites is 1. The van der Waals surface area contributed by atoms with Crippen LogP contribution in [0.3, 0.4) is 0 Å². The van der Waals surface area contributed by atoms with Crippen molar-refractivity contribution in [3.63, 3.8) is 0 Å². The van der Waals surface area contributed by atoms with Gasteiger partial charge in [-0.05, 0) is 31.2 Å². The van der Waals surface area contributed by atoms with Crippen LogP contribution in [0.5, 0.6) is 5.88 Å². The molecule has 0 saturated carbocycles. The molecule has 0 aliphatic rings. The predicted octanol–water partition coefficient (Wildman–Crippen LogP) is 2.31. The van der Waals surface area contributed by atoms with Crippen LogP contribution in [0.15, 0.2) is 47.5 Å². The summed E-state index contributed by atoms with van der Waals surface area (Å²) in [7, 11) is 0. The Kier molecular flexibility index (Phi) is 5.99. The standard InChI is InChI=1S/C16H17N3O3S/c1-2-22-16-11(6-5-9-18-16)15(21)19-12-7-3-4-8-13(12)23-10-14(17)20/h3-9H,2,10H2,1H3,(H2,17,20)(H,19,21). The van der Waals surface area contributed by atoms with E-state index in [1.54, 1.807) is 30.5 Å². The van der Waals surface area contributed by atoms with E-state index in [2.05, 4.69) is 10.3 Å². The molecular formula is C16H17N3O3S. The van der Waals surface area contributed by atoms with Gasteiger partial charge >= 0.3 is 0 Å². The molecule has 2 amide bonds. The maximum absolute atomic E-state index is 12.5. The molecule has 6 nitrogen and oxygen atoms in total. The first-order valence-electron chi connectivity index (χ1n) is 7.01. The second kappa shape index (κ2) is 8.19. The molecule has 0 spiro atoms. The van der Waals surface area contributed by atoms with Crippen molar-refractivity contribution in [2.45, 2.75) is 11.8 Å². The Hall–Kier alpha value is -2.54. The molecule has 3 N–H and O–H groups in total. The number of carbonyl (C=O) groups is 2. The molecule has 120 valence electrons. The number of nitrogens with one attached hydrogen (secondary N) is 1. The summed E-state index contributed by atoms with van der Waals surface area (Å²) in [6.07, 6.45) is 1.57. The summed E-state index contributed by atoms with van der Waals surface area (Å²) in [6, 6.07) is 10.5. The highest BCUT2D eigenvalue weighted by molar-refractivity contribution is 8.00. The molecule has 7 heteroatoms. The summed E-state index contributed by atoms with van der Waals surface area (Å²) in [4.78, 5) is 28.2. The summed E-state index contributed by atoms with van der Waals surface area (Å²) < 4.78 is 5.37. The van der Waals surface area contributed by atoms with Gasteiger partial charge in [0.05, 0.1) is 18.0 Å². The summed E-state index contributed by atoms with van der Waals surface area (Å²) in [6.45, 7) is 2.24. The number of amides is 2. The highest BCUT2D eigenvalue weighted by Crippen LogP contribution is 2.27.